The first-order valence-electron chi connectivity index (χ1n) is 6.78. The first-order valence-corrected chi connectivity index (χ1v) is 6.78. The molecule has 0 radical (unpaired) electrons. The molecule has 3 aliphatic rings. The first-order chi connectivity index (χ1) is 8.96. The third-order valence-electron chi connectivity index (χ3n) is 4.26. The van der Waals surface area contributed by atoms with Gasteiger partial charge < -0.3 is 10.2 Å². The predicted octanol–water partition coefficient (Wildman–Crippen LogP) is 0.865. The monoisotopic (exact) mass is 266 g/mol. The van der Waals surface area contributed by atoms with Crippen LogP contribution in [-0.4, -0.2) is 39.6 Å². The van der Waals surface area contributed by atoms with Crippen molar-refractivity contribution in [1.82, 2.24) is 5.32 Å². The third kappa shape index (κ3) is 2.25. The van der Waals surface area contributed by atoms with Crippen LogP contribution in [0.4, 0.5) is 0 Å². The lowest BCUT2D eigenvalue weighted by Gasteiger charge is -2.29. The molecule has 3 rings (SSSR count). The summed E-state index contributed by atoms with van der Waals surface area (Å²) in [5, 5.41) is 21.7. The van der Waals surface area contributed by atoms with Gasteiger partial charge in [0.25, 0.3) is 0 Å². The van der Waals surface area contributed by atoms with E-state index in [9.17, 15) is 19.8 Å². The Hall–Kier alpha value is -1.43. The molecule has 2 aliphatic carbocycles. The number of nitrogens with one attached hydrogen (secondary N) is 1. The molecule has 0 saturated heterocycles. The van der Waals surface area contributed by atoms with Gasteiger partial charge in [-0.1, -0.05) is 25.7 Å². The number of carbonyl (C=O) groups is 2. The van der Waals surface area contributed by atoms with Gasteiger partial charge in [-0.2, -0.15) is 0 Å². The van der Waals surface area contributed by atoms with Gasteiger partial charge in [0, 0.05) is 6.21 Å². The van der Waals surface area contributed by atoms with Gasteiger partial charge in [-0.05, 0) is 24.7 Å². The Morgan fingerprint density at radius 2 is 1.68 bits per heavy atom. The molecule has 2 fully saturated rings. The highest BCUT2D eigenvalue weighted by Gasteiger charge is 2.56. The lowest BCUT2D eigenvalue weighted by molar-refractivity contribution is -0.148. The van der Waals surface area contributed by atoms with Crippen molar-refractivity contribution in [1.29, 1.82) is 0 Å². The normalized spacial score (nSPS) is 37.5. The van der Waals surface area contributed by atoms with Crippen molar-refractivity contribution in [2.75, 3.05) is 0 Å². The fourth-order valence-corrected chi connectivity index (χ4v) is 2.77. The molecule has 3 N–H and O–H groups in total. The van der Waals surface area contributed by atoms with E-state index in [0.717, 1.165) is 25.7 Å². The summed E-state index contributed by atoms with van der Waals surface area (Å²) in [6.45, 7) is 0. The fourth-order valence-electron chi connectivity index (χ4n) is 2.77. The Balaban J connectivity index is 1.83. The average molecular weight is 266 g/mol. The molecule has 1 heterocycles. The zero-order valence-electron chi connectivity index (χ0n) is 10.6. The second kappa shape index (κ2) is 4.03. The van der Waals surface area contributed by atoms with Crippen molar-refractivity contribution >= 4 is 18.2 Å². The molecule has 6 nitrogen and oxygen atoms in total. The van der Waals surface area contributed by atoms with Crippen LogP contribution >= 0.6 is 0 Å². The molecule has 0 aromatic rings. The molecule has 104 valence electrons. The van der Waals surface area contributed by atoms with Crippen LogP contribution in [0.25, 0.3) is 0 Å². The van der Waals surface area contributed by atoms with Crippen LogP contribution in [0.3, 0.4) is 0 Å². The number of carboxylic acids is 2. The van der Waals surface area contributed by atoms with Crippen LogP contribution in [0.2, 0.25) is 0 Å². The van der Waals surface area contributed by atoms with E-state index in [-0.39, 0.29) is 0 Å². The first kappa shape index (κ1) is 12.6. The highest BCUT2D eigenvalue weighted by atomic mass is 16.4. The number of aliphatic imine (C=N–C) groups is 1. The maximum atomic E-state index is 11.6. The van der Waals surface area contributed by atoms with Crippen molar-refractivity contribution in [2.45, 2.75) is 49.7 Å². The number of hydrogen-bond acceptors (Lipinski definition) is 4. The smallest absolute Gasteiger partial charge is 0.346 e. The maximum Gasteiger partial charge on any atom is 0.346 e. The number of rotatable bonds is 6. The molecule has 2 unspecified atom stereocenters. The number of aliphatic carboxylic acids is 2. The van der Waals surface area contributed by atoms with E-state index in [1.807, 2.05) is 0 Å². The maximum absolute atomic E-state index is 11.6. The van der Waals surface area contributed by atoms with Gasteiger partial charge >= 0.3 is 11.9 Å². The van der Waals surface area contributed by atoms with Gasteiger partial charge in [-0.25, -0.2) is 9.59 Å². The lowest BCUT2D eigenvalue weighted by Crippen LogP contribution is -2.60. The highest BCUT2D eigenvalue weighted by molar-refractivity contribution is 6.03. The summed E-state index contributed by atoms with van der Waals surface area (Å²) in [6, 6.07) is 0. The quantitative estimate of drug-likeness (QED) is 0.662. The Bertz CT molecular complexity index is 416. The van der Waals surface area contributed by atoms with Gasteiger partial charge in [-0.15, -0.1) is 0 Å². The summed E-state index contributed by atoms with van der Waals surface area (Å²) >= 11 is 0. The average Bonchev–Trinajstić information content (AvgIpc) is 3.22. The van der Waals surface area contributed by atoms with Gasteiger partial charge in [0.05, 0.1) is 0 Å². The molecule has 2 atom stereocenters. The number of hydrogen-bond donors (Lipinski definition) is 3. The molecule has 0 aromatic heterocycles. The van der Waals surface area contributed by atoms with E-state index in [0.29, 0.717) is 24.7 Å². The minimum atomic E-state index is -1.44. The fraction of sp³-hybridized carbons (Fsp3) is 0.769. The molecular formula is C13H18N2O4. The van der Waals surface area contributed by atoms with E-state index in [2.05, 4.69) is 10.3 Å². The Kier molecular flexibility index (Phi) is 2.67. The van der Waals surface area contributed by atoms with E-state index >= 15 is 0 Å². The molecule has 1 aliphatic heterocycles. The zero-order chi connectivity index (χ0) is 13.7. The van der Waals surface area contributed by atoms with Gasteiger partial charge in [-0.3, -0.25) is 10.3 Å². The van der Waals surface area contributed by atoms with E-state index in [1.54, 1.807) is 0 Å². The van der Waals surface area contributed by atoms with Gasteiger partial charge in [0.2, 0.25) is 5.66 Å². The van der Waals surface area contributed by atoms with Crippen molar-refractivity contribution < 1.29 is 19.8 Å². The molecule has 2 saturated carbocycles. The van der Waals surface area contributed by atoms with Crippen molar-refractivity contribution in [3.05, 3.63) is 0 Å². The summed E-state index contributed by atoms with van der Waals surface area (Å²) in [4.78, 5) is 27.2. The summed E-state index contributed by atoms with van der Waals surface area (Å²) in [6.07, 6.45) is 6.21. The summed E-state index contributed by atoms with van der Waals surface area (Å²) in [7, 11) is 0. The van der Waals surface area contributed by atoms with Crippen molar-refractivity contribution in [3.8, 4) is 0 Å². The molecule has 19 heavy (non-hydrogen) atoms. The second-order valence-corrected chi connectivity index (χ2v) is 6.12. The predicted molar refractivity (Wildman–Crippen MR) is 67.0 cm³/mol. The molecule has 6 heteroatoms. The van der Waals surface area contributed by atoms with Gasteiger partial charge in [0.15, 0.2) is 5.54 Å². The standard InChI is InChI=1S/C13H18N2O4/c16-10(17)12(5-8-1-2-8)7-14-13(15-12,11(18)19)6-9-3-4-9/h7-9,15H,1-6H2,(H,16,17)(H,18,19). The van der Waals surface area contributed by atoms with Gasteiger partial charge in [0.1, 0.15) is 0 Å². The topological polar surface area (TPSA) is 99.0 Å². The number of nitrogens with zero attached hydrogens (tertiary/aromatic N) is 1. The Morgan fingerprint density at radius 3 is 2.16 bits per heavy atom. The van der Waals surface area contributed by atoms with E-state index in [1.165, 1.54) is 6.21 Å². The van der Waals surface area contributed by atoms with Crippen LogP contribution in [0, 0.1) is 11.8 Å². The zero-order valence-corrected chi connectivity index (χ0v) is 10.6. The van der Waals surface area contributed by atoms with Crippen LogP contribution in [0.5, 0.6) is 0 Å². The lowest BCUT2D eigenvalue weighted by atomic mass is 9.92. The third-order valence-corrected chi connectivity index (χ3v) is 4.26. The minimum absolute atomic E-state index is 0.353. The SMILES string of the molecule is O=C(O)C1(CC2CC2)C=NC(CC2CC2)(C(=O)O)N1. The van der Waals surface area contributed by atoms with Crippen LogP contribution in [0.15, 0.2) is 4.99 Å². The summed E-state index contributed by atoms with van der Waals surface area (Å²) in [5.74, 6) is -1.37. The minimum Gasteiger partial charge on any atom is -0.480 e. The molecule has 0 aromatic carbocycles. The molecular weight excluding hydrogens is 248 g/mol. The largest absolute Gasteiger partial charge is 0.480 e. The number of carboxylic acid groups (broad SMARTS) is 2. The van der Waals surface area contributed by atoms with Crippen LogP contribution in [-0.2, 0) is 9.59 Å². The summed E-state index contributed by atoms with van der Waals surface area (Å²) < 4.78 is 0. The van der Waals surface area contributed by atoms with E-state index < -0.39 is 23.1 Å². The van der Waals surface area contributed by atoms with Crippen molar-refractivity contribution in [2.24, 2.45) is 16.8 Å². The molecule has 0 amide bonds. The Morgan fingerprint density at radius 1 is 1.11 bits per heavy atom. The molecule has 0 bridgehead atoms. The van der Waals surface area contributed by atoms with Crippen LogP contribution in [0.1, 0.15) is 38.5 Å². The summed E-state index contributed by atoms with van der Waals surface area (Å²) in [5.41, 5.74) is -2.73. The molecule has 0 spiro atoms. The second-order valence-electron chi connectivity index (χ2n) is 6.12. The highest BCUT2D eigenvalue weighted by Crippen LogP contribution is 2.43. The van der Waals surface area contributed by atoms with Crippen LogP contribution < -0.4 is 5.32 Å². The van der Waals surface area contributed by atoms with E-state index in [4.69, 9.17) is 0 Å². The van der Waals surface area contributed by atoms with Crippen molar-refractivity contribution in [3.63, 3.8) is 0 Å². The Labute approximate surface area is 110 Å².